The molecule has 1 aliphatic rings. The van der Waals surface area contributed by atoms with Crippen molar-refractivity contribution in [2.24, 2.45) is 13.0 Å². The Morgan fingerprint density at radius 1 is 1.43 bits per heavy atom. The van der Waals surface area contributed by atoms with Crippen molar-refractivity contribution in [3.8, 4) is 0 Å². The van der Waals surface area contributed by atoms with Crippen molar-refractivity contribution < 1.29 is 4.79 Å². The van der Waals surface area contributed by atoms with Gasteiger partial charge >= 0.3 is 0 Å². The van der Waals surface area contributed by atoms with Crippen molar-refractivity contribution in [2.45, 2.75) is 57.6 Å². The van der Waals surface area contributed by atoms with Crippen molar-refractivity contribution >= 4 is 29.1 Å². The zero-order valence-corrected chi connectivity index (χ0v) is 15.6. The Labute approximate surface area is 144 Å². The van der Waals surface area contributed by atoms with Crippen LogP contribution >= 0.6 is 11.8 Å². The summed E-state index contributed by atoms with van der Waals surface area (Å²) in [6.45, 7) is 9.82. The number of amides is 1. The first-order valence-electron chi connectivity index (χ1n) is 8.45. The zero-order chi connectivity index (χ0) is 17.0. The van der Waals surface area contributed by atoms with Gasteiger partial charge in [0.15, 0.2) is 0 Å². The molecule has 0 spiro atoms. The first-order valence-corrected chi connectivity index (χ1v) is 9.43. The van der Waals surface area contributed by atoms with E-state index >= 15 is 0 Å². The summed E-state index contributed by atoms with van der Waals surface area (Å²) in [5, 5.41) is 7.37. The summed E-state index contributed by atoms with van der Waals surface area (Å²) in [6, 6.07) is 1.88. The number of hydrogen-bond donors (Lipinski definition) is 1. The third-order valence-corrected chi connectivity index (χ3v) is 6.06. The normalized spacial score (nSPS) is 16.3. The maximum atomic E-state index is 12.6. The molecule has 1 aromatic rings. The number of allylic oxidation sites excluding steroid dienone is 1. The Bertz CT molecular complexity index is 571. The number of rotatable bonds is 6. The van der Waals surface area contributed by atoms with Crippen LogP contribution in [-0.2, 0) is 11.8 Å². The third-order valence-electron chi connectivity index (χ3n) is 4.51. The number of carbonyl (C=O) groups is 1. The van der Waals surface area contributed by atoms with Gasteiger partial charge in [-0.1, -0.05) is 25.8 Å². The van der Waals surface area contributed by atoms with E-state index in [1.807, 2.05) is 33.9 Å². The molecule has 2 rings (SSSR count). The number of carbonyl (C=O) groups excluding carboxylic acids is 1. The monoisotopic (exact) mass is 335 g/mol. The number of hydrogen-bond acceptors (Lipinski definition) is 3. The molecule has 1 amide bonds. The lowest BCUT2D eigenvalue weighted by Gasteiger charge is -2.27. The minimum atomic E-state index is -0.439. The van der Waals surface area contributed by atoms with E-state index in [9.17, 15) is 4.79 Å². The molecule has 0 radical (unpaired) electrons. The molecule has 1 aliphatic carbocycles. The highest BCUT2D eigenvalue weighted by atomic mass is 32.2. The van der Waals surface area contributed by atoms with Crippen LogP contribution in [0.5, 0.6) is 0 Å². The second kappa shape index (κ2) is 7.56. The van der Waals surface area contributed by atoms with Crippen LogP contribution in [0.3, 0.4) is 0 Å². The van der Waals surface area contributed by atoms with Gasteiger partial charge in [-0.15, -0.1) is 11.8 Å². The van der Waals surface area contributed by atoms with Gasteiger partial charge in [0.2, 0.25) is 5.91 Å². The highest BCUT2D eigenvalue weighted by Crippen LogP contribution is 2.33. The minimum Gasteiger partial charge on any atom is -0.310 e. The van der Waals surface area contributed by atoms with Crippen LogP contribution in [0.1, 0.15) is 58.6 Å². The molecule has 1 saturated carbocycles. The van der Waals surface area contributed by atoms with Gasteiger partial charge in [-0.3, -0.25) is 9.48 Å². The van der Waals surface area contributed by atoms with E-state index in [0.717, 1.165) is 28.8 Å². The Morgan fingerprint density at radius 2 is 2.09 bits per heavy atom. The molecular weight excluding hydrogens is 306 g/mol. The Kier molecular flexibility index (Phi) is 5.95. The topological polar surface area (TPSA) is 46.9 Å². The Hall–Kier alpha value is -1.23. The van der Waals surface area contributed by atoms with Crippen LogP contribution in [0, 0.1) is 5.92 Å². The molecule has 1 N–H and O–H groups in total. The number of nitrogens with one attached hydrogen (secondary N) is 1. The van der Waals surface area contributed by atoms with Gasteiger partial charge in [-0.05, 0) is 50.9 Å². The average Bonchev–Trinajstić information content (AvgIpc) is 2.88. The molecule has 0 unspecified atom stereocenters. The van der Waals surface area contributed by atoms with Crippen LogP contribution in [-0.4, -0.2) is 26.2 Å². The maximum absolute atomic E-state index is 12.6. The number of nitrogens with zero attached hydrogens (tertiary/aromatic N) is 2. The highest BCUT2D eigenvalue weighted by Gasteiger charge is 2.30. The summed E-state index contributed by atoms with van der Waals surface area (Å²) < 4.78 is 1.26. The van der Waals surface area contributed by atoms with E-state index in [4.69, 9.17) is 0 Å². The fraction of sp³-hybridized carbons (Fsp3) is 0.667. The molecule has 1 heterocycles. The molecule has 4 nitrogen and oxygen atoms in total. The quantitative estimate of drug-likeness (QED) is 0.833. The molecule has 23 heavy (non-hydrogen) atoms. The molecular formula is C18H29N3OS. The summed E-state index contributed by atoms with van der Waals surface area (Å²) in [7, 11) is 1.84. The number of aromatic nitrogens is 2. The third kappa shape index (κ3) is 4.87. The van der Waals surface area contributed by atoms with Crippen molar-refractivity contribution in [3.63, 3.8) is 0 Å². The fourth-order valence-corrected chi connectivity index (χ4v) is 3.97. The zero-order valence-electron chi connectivity index (χ0n) is 14.8. The molecule has 0 aliphatic heterocycles. The second-order valence-electron chi connectivity index (χ2n) is 7.10. The summed E-state index contributed by atoms with van der Waals surface area (Å²) in [4.78, 5) is 12.6. The lowest BCUT2D eigenvalue weighted by Crippen LogP contribution is -2.35. The van der Waals surface area contributed by atoms with E-state index in [-0.39, 0.29) is 5.91 Å². The Balaban J connectivity index is 1.93. The van der Waals surface area contributed by atoms with E-state index < -0.39 is 4.75 Å². The standard InChI is InChI=1S/C18H29N3OS/c1-13(2)15-11-16(21(5)20-15)19-17(22)18(3,4)23-12-14-9-7-6-8-10-14/h11,14H,1,6-10,12H2,2-5H3,(H,19,22). The van der Waals surface area contributed by atoms with E-state index in [1.165, 1.54) is 32.1 Å². The van der Waals surface area contributed by atoms with Crippen LogP contribution in [0.4, 0.5) is 5.82 Å². The molecule has 0 atom stereocenters. The second-order valence-corrected chi connectivity index (χ2v) is 8.74. The van der Waals surface area contributed by atoms with Crippen molar-refractivity contribution in [1.29, 1.82) is 0 Å². The molecule has 0 aromatic carbocycles. The molecule has 128 valence electrons. The van der Waals surface area contributed by atoms with E-state index in [2.05, 4.69) is 17.0 Å². The number of aryl methyl sites for hydroxylation is 1. The Morgan fingerprint density at radius 3 is 2.65 bits per heavy atom. The first kappa shape index (κ1) is 18.1. The van der Waals surface area contributed by atoms with Crippen molar-refractivity contribution in [2.75, 3.05) is 11.1 Å². The van der Waals surface area contributed by atoms with Crippen LogP contribution in [0.2, 0.25) is 0 Å². The largest absolute Gasteiger partial charge is 0.310 e. The van der Waals surface area contributed by atoms with Gasteiger partial charge in [0, 0.05) is 13.1 Å². The van der Waals surface area contributed by atoms with E-state index in [0.29, 0.717) is 0 Å². The predicted octanol–water partition coefficient (Wildman–Crippen LogP) is 4.48. The first-order chi connectivity index (χ1) is 10.8. The summed E-state index contributed by atoms with van der Waals surface area (Å²) in [5.74, 6) is 2.60. The minimum absolute atomic E-state index is 0.0366. The fourth-order valence-electron chi connectivity index (χ4n) is 2.81. The van der Waals surface area contributed by atoms with Gasteiger partial charge in [0.1, 0.15) is 5.82 Å². The van der Waals surface area contributed by atoms with Crippen LogP contribution in [0.15, 0.2) is 12.6 Å². The van der Waals surface area contributed by atoms with Crippen LogP contribution < -0.4 is 5.32 Å². The van der Waals surface area contributed by atoms with Crippen LogP contribution in [0.25, 0.3) is 5.57 Å². The lowest BCUT2D eigenvalue weighted by atomic mass is 9.91. The molecule has 0 saturated heterocycles. The summed E-state index contributed by atoms with van der Waals surface area (Å²) in [6.07, 6.45) is 6.69. The van der Waals surface area contributed by atoms with Gasteiger partial charge in [-0.2, -0.15) is 5.10 Å². The highest BCUT2D eigenvalue weighted by molar-refractivity contribution is 8.01. The molecule has 0 bridgehead atoms. The summed E-state index contributed by atoms with van der Waals surface area (Å²) in [5.41, 5.74) is 1.71. The average molecular weight is 336 g/mol. The molecule has 1 aromatic heterocycles. The van der Waals surface area contributed by atoms with Crippen molar-refractivity contribution in [1.82, 2.24) is 9.78 Å². The van der Waals surface area contributed by atoms with Gasteiger partial charge in [-0.25, -0.2) is 0 Å². The predicted molar refractivity (Wildman–Crippen MR) is 99.7 cm³/mol. The van der Waals surface area contributed by atoms with Gasteiger partial charge < -0.3 is 5.32 Å². The summed E-state index contributed by atoms with van der Waals surface area (Å²) >= 11 is 1.77. The van der Waals surface area contributed by atoms with Crippen molar-refractivity contribution in [3.05, 3.63) is 18.3 Å². The smallest absolute Gasteiger partial charge is 0.241 e. The number of thioether (sulfide) groups is 1. The van der Waals surface area contributed by atoms with Gasteiger partial charge in [0.25, 0.3) is 0 Å². The van der Waals surface area contributed by atoms with E-state index in [1.54, 1.807) is 16.4 Å². The van der Waals surface area contributed by atoms with Gasteiger partial charge in [0.05, 0.1) is 10.4 Å². The molecule has 5 heteroatoms. The maximum Gasteiger partial charge on any atom is 0.241 e. The SMILES string of the molecule is C=C(C)c1cc(NC(=O)C(C)(C)SCC2CCCCC2)n(C)n1. The molecule has 1 fully saturated rings. The lowest BCUT2D eigenvalue weighted by molar-refractivity contribution is -0.117. The number of anilines is 1.